The number of nitrogens with zero attached hydrogens (tertiary/aromatic N) is 2. The van der Waals surface area contributed by atoms with Crippen molar-refractivity contribution in [2.75, 3.05) is 17.4 Å². The fourth-order valence-electron chi connectivity index (χ4n) is 5.18. The second-order valence-electron chi connectivity index (χ2n) is 10.7. The molecule has 218 valence electrons. The van der Waals surface area contributed by atoms with Crippen LogP contribution in [0.25, 0.3) is 0 Å². The first-order valence-electron chi connectivity index (χ1n) is 14.1. The van der Waals surface area contributed by atoms with E-state index < -0.39 is 28.5 Å². The summed E-state index contributed by atoms with van der Waals surface area (Å²) in [6.07, 6.45) is 4.51. The molecule has 4 rings (SSSR count). The Kier molecular flexibility index (Phi) is 10.1. The van der Waals surface area contributed by atoms with Crippen LogP contribution in [0.1, 0.15) is 49.3 Å². The van der Waals surface area contributed by atoms with E-state index in [2.05, 4.69) is 5.32 Å². The van der Waals surface area contributed by atoms with E-state index >= 15 is 0 Å². The molecule has 1 N–H and O–H groups in total. The number of benzene rings is 3. The lowest BCUT2D eigenvalue weighted by molar-refractivity contribution is -0.139. The van der Waals surface area contributed by atoms with Gasteiger partial charge in [-0.25, -0.2) is 8.42 Å². The summed E-state index contributed by atoms with van der Waals surface area (Å²) in [6.45, 7) is 5.09. The zero-order valence-corrected chi connectivity index (χ0v) is 25.4. The summed E-state index contributed by atoms with van der Waals surface area (Å²) in [7, 11) is -4.14. The van der Waals surface area contributed by atoms with Crippen molar-refractivity contribution in [3.05, 3.63) is 94.5 Å². The highest BCUT2D eigenvalue weighted by Gasteiger charge is 2.33. The Morgan fingerprint density at radius 2 is 1.61 bits per heavy atom. The molecule has 1 unspecified atom stereocenters. The quantitative estimate of drug-likeness (QED) is 0.309. The van der Waals surface area contributed by atoms with Crippen molar-refractivity contribution in [2.24, 2.45) is 0 Å². The van der Waals surface area contributed by atoms with E-state index in [1.807, 2.05) is 37.3 Å². The van der Waals surface area contributed by atoms with Crippen LogP contribution in [0.5, 0.6) is 0 Å². The first-order chi connectivity index (χ1) is 19.6. The average molecular weight is 596 g/mol. The van der Waals surface area contributed by atoms with Crippen LogP contribution in [0.3, 0.4) is 0 Å². The van der Waals surface area contributed by atoms with Gasteiger partial charge in [0.05, 0.1) is 10.6 Å². The number of nitrogens with one attached hydrogen (secondary N) is 1. The molecule has 0 heterocycles. The van der Waals surface area contributed by atoms with E-state index in [1.165, 1.54) is 17.0 Å². The normalized spacial score (nSPS) is 14.4. The Labute approximate surface area is 248 Å². The summed E-state index contributed by atoms with van der Waals surface area (Å²) in [4.78, 5) is 28.9. The molecule has 0 radical (unpaired) electrons. The third kappa shape index (κ3) is 7.49. The Balaban J connectivity index is 1.67. The molecule has 2 amide bonds. The van der Waals surface area contributed by atoms with Crippen molar-refractivity contribution >= 4 is 39.1 Å². The highest BCUT2D eigenvalue weighted by atomic mass is 35.5. The lowest BCUT2D eigenvalue weighted by Gasteiger charge is -2.33. The fourth-order valence-corrected chi connectivity index (χ4v) is 6.82. The minimum Gasteiger partial charge on any atom is -0.352 e. The number of hydrogen-bond acceptors (Lipinski definition) is 4. The molecule has 3 aromatic rings. The molecule has 1 aliphatic rings. The number of amides is 2. The van der Waals surface area contributed by atoms with Gasteiger partial charge < -0.3 is 10.2 Å². The van der Waals surface area contributed by atoms with Gasteiger partial charge in [-0.1, -0.05) is 78.5 Å². The first-order valence-corrected chi connectivity index (χ1v) is 15.9. The topological polar surface area (TPSA) is 86.8 Å². The van der Waals surface area contributed by atoms with Crippen LogP contribution < -0.4 is 9.62 Å². The maximum atomic E-state index is 14.1. The molecule has 1 saturated carbocycles. The zero-order valence-electron chi connectivity index (χ0n) is 23.8. The minimum absolute atomic E-state index is 0.0677. The monoisotopic (exact) mass is 595 g/mol. The number of aryl methyl sites for hydroxylation is 1. The van der Waals surface area contributed by atoms with Crippen molar-refractivity contribution in [3.63, 3.8) is 0 Å². The van der Waals surface area contributed by atoms with Gasteiger partial charge in [0.2, 0.25) is 11.8 Å². The Morgan fingerprint density at radius 1 is 0.951 bits per heavy atom. The highest BCUT2D eigenvalue weighted by molar-refractivity contribution is 7.92. The van der Waals surface area contributed by atoms with E-state index in [1.54, 1.807) is 44.2 Å². The molecular formula is C32H38ClN3O4S. The van der Waals surface area contributed by atoms with Gasteiger partial charge in [-0.2, -0.15) is 0 Å². The fraction of sp³-hybridized carbons (Fsp3) is 0.375. The molecule has 0 aromatic heterocycles. The predicted molar refractivity (Wildman–Crippen MR) is 164 cm³/mol. The highest BCUT2D eigenvalue weighted by Crippen LogP contribution is 2.31. The van der Waals surface area contributed by atoms with Crippen LogP contribution in [-0.2, 0) is 26.0 Å². The number of carbonyl (C=O) groups excluding carboxylic acids is 2. The number of carbonyl (C=O) groups is 2. The Morgan fingerprint density at radius 3 is 2.27 bits per heavy atom. The molecule has 0 spiro atoms. The number of halogens is 1. The van der Waals surface area contributed by atoms with Gasteiger partial charge in [0.15, 0.2) is 0 Å². The van der Waals surface area contributed by atoms with Gasteiger partial charge in [-0.15, -0.1) is 0 Å². The molecule has 9 heteroatoms. The minimum atomic E-state index is -4.14. The van der Waals surface area contributed by atoms with Crippen LogP contribution in [0.15, 0.2) is 77.7 Å². The van der Waals surface area contributed by atoms with Gasteiger partial charge in [-0.3, -0.25) is 13.9 Å². The summed E-state index contributed by atoms with van der Waals surface area (Å²) in [5, 5.41) is 3.49. The summed E-state index contributed by atoms with van der Waals surface area (Å²) >= 11 is 6.39. The molecule has 41 heavy (non-hydrogen) atoms. The summed E-state index contributed by atoms with van der Waals surface area (Å²) < 4.78 is 29.1. The summed E-state index contributed by atoms with van der Waals surface area (Å²) in [5.74, 6) is -0.699. The molecule has 7 nitrogen and oxygen atoms in total. The summed E-state index contributed by atoms with van der Waals surface area (Å²) in [5.41, 5.74) is 2.79. The maximum absolute atomic E-state index is 14.1. The molecular weight excluding hydrogens is 558 g/mol. The van der Waals surface area contributed by atoms with Crippen LogP contribution in [0.2, 0.25) is 5.02 Å². The van der Waals surface area contributed by atoms with Gasteiger partial charge in [0, 0.05) is 17.6 Å². The van der Waals surface area contributed by atoms with Crippen molar-refractivity contribution in [3.8, 4) is 0 Å². The molecule has 0 aliphatic heterocycles. The molecule has 1 fully saturated rings. The Bertz CT molecular complexity index is 1460. The third-order valence-electron chi connectivity index (χ3n) is 7.75. The van der Waals surface area contributed by atoms with Crippen LogP contribution in [-0.4, -0.2) is 50.3 Å². The van der Waals surface area contributed by atoms with Crippen molar-refractivity contribution in [2.45, 2.75) is 69.9 Å². The third-order valence-corrected chi connectivity index (χ3v) is 9.93. The number of sulfonamides is 1. The number of hydrogen-bond donors (Lipinski definition) is 1. The lowest BCUT2D eigenvalue weighted by atomic mass is 10.1. The van der Waals surface area contributed by atoms with E-state index in [9.17, 15) is 18.0 Å². The standard InChI is InChI=1S/C32H38ClN3O4S/c1-23-16-18-28(19-17-23)41(39,40)36(30-15-9-14-29(33)24(30)2)22-31(37)35(21-20-26-10-5-4-6-11-26)25(3)32(38)34-27-12-7-8-13-27/h4-6,9-11,14-19,25,27H,7-8,12-13,20-22H2,1-3H3,(H,34,38). The second-order valence-corrected chi connectivity index (χ2v) is 13.0. The average Bonchev–Trinajstić information content (AvgIpc) is 3.47. The Hall–Kier alpha value is -3.36. The second kappa shape index (κ2) is 13.5. The van der Waals surface area contributed by atoms with Gasteiger partial charge in [0.25, 0.3) is 10.0 Å². The molecule has 1 aliphatic carbocycles. The van der Waals surface area contributed by atoms with Crippen LogP contribution in [0, 0.1) is 13.8 Å². The van der Waals surface area contributed by atoms with Crippen LogP contribution in [0.4, 0.5) is 5.69 Å². The van der Waals surface area contributed by atoms with Gasteiger partial charge in [0.1, 0.15) is 12.6 Å². The smallest absolute Gasteiger partial charge is 0.264 e. The van der Waals surface area contributed by atoms with Crippen LogP contribution >= 0.6 is 11.6 Å². The van der Waals surface area contributed by atoms with E-state index in [-0.39, 0.29) is 23.4 Å². The van der Waals surface area contributed by atoms with Crippen molar-refractivity contribution in [1.82, 2.24) is 10.2 Å². The maximum Gasteiger partial charge on any atom is 0.264 e. The van der Waals surface area contributed by atoms with E-state index in [0.29, 0.717) is 22.7 Å². The molecule has 1 atom stereocenters. The summed E-state index contributed by atoms with van der Waals surface area (Å²) in [6, 6.07) is 20.5. The predicted octanol–water partition coefficient (Wildman–Crippen LogP) is 5.67. The van der Waals surface area contributed by atoms with E-state index in [4.69, 9.17) is 11.6 Å². The zero-order chi connectivity index (χ0) is 29.6. The largest absolute Gasteiger partial charge is 0.352 e. The lowest BCUT2D eigenvalue weighted by Crippen LogP contribution is -2.53. The van der Waals surface area contributed by atoms with Gasteiger partial charge >= 0.3 is 0 Å². The molecule has 3 aromatic carbocycles. The molecule has 0 saturated heterocycles. The number of anilines is 1. The SMILES string of the molecule is Cc1ccc(S(=O)(=O)N(CC(=O)N(CCc2ccccc2)C(C)C(=O)NC2CCCC2)c2cccc(Cl)c2C)cc1. The van der Waals surface area contributed by atoms with E-state index in [0.717, 1.165) is 41.1 Å². The first kappa shape index (κ1) is 30.6. The van der Waals surface area contributed by atoms with Crippen molar-refractivity contribution < 1.29 is 18.0 Å². The molecule has 0 bridgehead atoms. The van der Waals surface area contributed by atoms with Gasteiger partial charge in [-0.05, 0) is 75.4 Å². The van der Waals surface area contributed by atoms with Crippen molar-refractivity contribution in [1.29, 1.82) is 0 Å². The number of rotatable bonds is 11.